The Morgan fingerprint density at radius 2 is 2.11 bits per heavy atom. The second-order valence-electron chi connectivity index (χ2n) is 6.18. The minimum absolute atomic E-state index is 0.0309. The standard InChI is InChI=1S/C16H22O2/c1-5-6-7-8-9-16(18)11(2)10-12(17)13-14(16)15(13,3)4/h10,13-14,18H,5-7H2,1-4H3/t13-,14-,16-/m0/s1. The molecular weight excluding hydrogens is 224 g/mol. The van der Waals surface area contributed by atoms with Crippen molar-refractivity contribution in [2.75, 3.05) is 0 Å². The Morgan fingerprint density at radius 1 is 1.44 bits per heavy atom. The monoisotopic (exact) mass is 246 g/mol. The minimum Gasteiger partial charge on any atom is -0.373 e. The third-order valence-electron chi connectivity index (χ3n) is 4.48. The van der Waals surface area contributed by atoms with Gasteiger partial charge < -0.3 is 5.11 Å². The largest absolute Gasteiger partial charge is 0.373 e. The van der Waals surface area contributed by atoms with Crippen molar-refractivity contribution < 1.29 is 9.90 Å². The number of fused-ring (bicyclic) bond motifs is 1. The molecule has 2 aliphatic rings. The predicted octanol–water partition coefficient (Wildman–Crippen LogP) is 2.71. The van der Waals surface area contributed by atoms with Crippen molar-refractivity contribution in [1.29, 1.82) is 0 Å². The van der Waals surface area contributed by atoms with Crippen LogP contribution in [0, 0.1) is 29.1 Å². The van der Waals surface area contributed by atoms with Crippen molar-refractivity contribution in [2.24, 2.45) is 17.3 Å². The van der Waals surface area contributed by atoms with E-state index in [0.29, 0.717) is 5.57 Å². The van der Waals surface area contributed by atoms with Gasteiger partial charge in [0, 0.05) is 18.3 Å². The van der Waals surface area contributed by atoms with Gasteiger partial charge in [-0.25, -0.2) is 0 Å². The van der Waals surface area contributed by atoms with Crippen LogP contribution >= 0.6 is 0 Å². The molecule has 0 amide bonds. The zero-order valence-electron chi connectivity index (χ0n) is 11.7. The molecule has 2 rings (SSSR count). The van der Waals surface area contributed by atoms with Crippen molar-refractivity contribution in [1.82, 2.24) is 0 Å². The van der Waals surface area contributed by atoms with Gasteiger partial charge in [-0.15, -0.1) is 0 Å². The average Bonchev–Trinajstić information content (AvgIpc) is 2.87. The highest BCUT2D eigenvalue weighted by molar-refractivity contribution is 5.98. The summed E-state index contributed by atoms with van der Waals surface area (Å²) in [7, 11) is 0. The quantitative estimate of drug-likeness (QED) is 0.601. The van der Waals surface area contributed by atoms with E-state index in [2.05, 4.69) is 18.8 Å². The Labute approximate surface area is 109 Å². The average molecular weight is 246 g/mol. The molecule has 0 radical (unpaired) electrons. The molecule has 2 aliphatic carbocycles. The van der Waals surface area contributed by atoms with Gasteiger partial charge in [0.05, 0.1) is 0 Å². The zero-order chi connectivity index (χ0) is 13.6. The van der Waals surface area contributed by atoms with Crippen LogP contribution in [-0.4, -0.2) is 16.5 Å². The first-order chi connectivity index (χ1) is 8.35. The first-order valence-corrected chi connectivity index (χ1v) is 6.80. The van der Waals surface area contributed by atoms with E-state index in [-0.39, 0.29) is 23.0 Å². The Balaban J connectivity index is 2.27. The predicted molar refractivity (Wildman–Crippen MR) is 71.8 cm³/mol. The lowest BCUT2D eigenvalue weighted by molar-refractivity contribution is -0.117. The second-order valence-corrected chi connectivity index (χ2v) is 6.18. The van der Waals surface area contributed by atoms with Gasteiger partial charge in [0.15, 0.2) is 11.4 Å². The van der Waals surface area contributed by atoms with Crippen LogP contribution in [0.25, 0.3) is 0 Å². The van der Waals surface area contributed by atoms with Gasteiger partial charge in [0.2, 0.25) is 0 Å². The number of carbonyl (C=O) groups is 1. The summed E-state index contributed by atoms with van der Waals surface area (Å²) >= 11 is 0. The molecule has 2 nitrogen and oxygen atoms in total. The maximum Gasteiger partial charge on any atom is 0.159 e. The maximum atomic E-state index is 11.9. The molecule has 0 heterocycles. The number of rotatable bonds is 2. The van der Waals surface area contributed by atoms with Crippen molar-refractivity contribution >= 4 is 5.78 Å². The SMILES string of the molecule is CCCCC#C[C@]1(O)C(C)=CC(=O)[C@H]2[C@H]1C2(C)C. The Bertz CT molecular complexity index is 461. The number of ketones is 1. The minimum atomic E-state index is -1.09. The summed E-state index contributed by atoms with van der Waals surface area (Å²) in [5, 5.41) is 10.8. The fourth-order valence-corrected chi connectivity index (χ4v) is 3.25. The fourth-order valence-electron chi connectivity index (χ4n) is 3.25. The van der Waals surface area contributed by atoms with E-state index in [1.807, 2.05) is 20.8 Å². The summed E-state index contributed by atoms with van der Waals surface area (Å²) in [5.41, 5.74) is -0.502. The summed E-state index contributed by atoms with van der Waals surface area (Å²) in [6.07, 6.45) is 4.57. The molecule has 0 aromatic rings. The van der Waals surface area contributed by atoms with E-state index in [4.69, 9.17) is 0 Å². The van der Waals surface area contributed by atoms with Crippen LogP contribution in [0.2, 0.25) is 0 Å². The highest BCUT2D eigenvalue weighted by atomic mass is 16.3. The van der Waals surface area contributed by atoms with Crippen molar-refractivity contribution in [3.05, 3.63) is 11.6 Å². The van der Waals surface area contributed by atoms with Crippen LogP contribution in [0.3, 0.4) is 0 Å². The molecular formula is C16H22O2. The highest BCUT2D eigenvalue weighted by Crippen LogP contribution is 2.66. The number of hydrogen-bond donors (Lipinski definition) is 1. The molecule has 98 valence electrons. The first-order valence-electron chi connectivity index (χ1n) is 6.80. The van der Waals surface area contributed by atoms with Crippen LogP contribution in [-0.2, 0) is 4.79 Å². The van der Waals surface area contributed by atoms with E-state index < -0.39 is 5.60 Å². The van der Waals surface area contributed by atoms with E-state index in [1.165, 1.54) is 0 Å². The van der Waals surface area contributed by atoms with Crippen LogP contribution in [0.1, 0.15) is 47.0 Å². The van der Waals surface area contributed by atoms with Crippen molar-refractivity contribution in [3.8, 4) is 11.8 Å². The lowest BCUT2D eigenvalue weighted by Crippen LogP contribution is -2.36. The van der Waals surface area contributed by atoms with Crippen molar-refractivity contribution in [2.45, 2.75) is 52.6 Å². The third-order valence-corrected chi connectivity index (χ3v) is 4.48. The van der Waals surface area contributed by atoms with Gasteiger partial charge in [-0.1, -0.05) is 39.0 Å². The second kappa shape index (κ2) is 4.24. The van der Waals surface area contributed by atoms with Gasteiger partial charge in [0.1, 0.15) is 0 Å². The molecule has 18 heavy (non-hydrogen) atoms. The molecule has 0 aromatic carbocycles. The molecule has 3 atom stereocenters. The summed E-state index contributed by atoms with van der Waals surface area (Å²) in [5.74, 6) is 6.19. The Kier molecular flexibility index (Phi) is 3.15. The lowest BCUT2D eigenvalue weighted by Gasteiger charge is -2.27. The van der Waals surface area contributed by atoms with Crippen molar-refractivity contribution in [3.63, 3.8) is 0 Å². The summed E-state index contributed by atoms with van der Waals surface area (Å²) in [6.45, 7) is 8.04. The normalized spacial score (nSPS) is 36.3. The zero-order valence-corrected chi connectivity index (χ0v) is 11.7. The third kappa shape index (κ3) is 1.82. The summed E-state index contributed by atoms with van der Waals surface area (Å²) < 4.78 is 0. The van der Waals surface area contributed by atoms with Gasteiger partial charge in [-0.3, -0.25) is 4.79 Å². The molecule has 1 N–H and O–H groups in total. The molecule has 0 bridgehead atoms. The summed E-state index contributed by atoms with van der Waals surface area (Å²) in [4.78, 5) is 11.9. The molecule has 1 fully saturated rings. The molecule has 0 aromatic heterocycles. The van der Waals surface area contributed by atoms with E-state index >= 15 is 0 Å². The lowest BCUT2D eigenvalue weighted by atomic mass is 9.82. The molecule has 2 heteroatoms. The Hall–Kier alpha value is -1.07. The first kappa shape index (κ1) is 13.4. The van der Waals surface area contributed by atoms with Gasteiger partial charge in [0.25, 0.3) is 0 Å². The van der Waals surface area contributed by atoms with E-state index in [1.54, 1.807) is 6.08 Å². The van der Waals surface area contributed by atoms with E-state index in [9.17, 15) is 9.90 Å². The topological polar surface area (TPSA) is 37.3 Å². The molecule has 0 saturated heterocycles. The highest BCUT2D eigenvalue weighted by Gasteiger charge is 2.70. The van der Waals surface area contributed by atoms with Crippen LogP contribution in [0.4, 0.5) is 0 Å². The van der Waals surface area contributed by atoms with Gasteiger partial charge in [-0.05, 0) is 30.4 Å². The van der Waals surface area contributed by atoms with Crippen LogP contribution < -0.4 is 0 Å². The van der Waals surface area contributed by atoms with Crippen LogP contribution in [0.15, 0.2) is 11.6 Å². The maximum absolute atomic E-state index is 11.9. The van der Waals surface area contributed by atoms with E-state index in [0.717, 1.165) is 19.3 Å². The number of allylic oxidation sites excluding steroid dienone is 1. The smallest absolute Gasteiger partial charge is 0.159 e. The van der Waals surface area contributed by atoms with Crippen LogP contribution in [0.5, 0.6) is 0 Å². The molecule has 0 spiro atoms. The number of carbonyl (C=O) groups excluding carboxylic acids is 1. The number of unbranched alkanes of at least 4 members (excludes halogenated alkanes) is 2. The fraction of sp³-hybridized carbons (Fsp3) is 0.688. The molecule has 0 aliphatic heterocycles. The molecule has 0 unspecified atom stereocenters. The van der Waals surface area contributed by atoms with Gasteiger partial charge >= 0.3 is 0 Å². The van der Waals surface area contributed by atoms with Gasteiger partial charge in [-0.2, -0.15) is 0 Å². The molecule has 1 saturated carbocycles. The Morgan fingerprint density at radius 3 is 2.72 bits per heavy atom. The number of aliphatic hydroxyl groups is 1. The summed E-state index contributed by atoms with van der Waals surface area (Å²) in [6, 6.07) is 0. The number of hydrogen-bond acceptors (Lipinski definition) is 2.